The second-order valence-corrected chi connectivity index (χ2v) is 8.21. The molecule has 0 bridgehead atoms. The summed E-state index contributed by atoms with van der Waals surface area (Å²) in [6.07, 6.45) is 0.214. The highest BCUT2D eigenvalue weighted by Crippen LogP contribution is 2.37. The molecule has 0 unspecified atom stereocenters. The van der Waals surface area contributed by atoms with Crippen LogP contribution in [-0.2, 0) is 9.59 Å². The van der Waals surface area contributed by atoms with Gasteiger partial charge in [-0.2, -0.15) is 5.26 Å². The van der Waals surface area contributed by atoms with E-state index in [4.69, 9.17) is 11.6 Å². The maximum absolute atomic E-state index is 12.3. The molecule has 1 aliphatic rings. The standard InChI is InChI=1S/C22H20ClN3O2S/c1-13-5-3-4-6-16(13)17-10-20(27)26-22(18(17)11-24)29-12-21(28)25-15-8-7-14(2)19(23)9-15/h3-9,17H,10,12H2,1-2H3,(H,25,28)(H,26,27)/t17-/m0/s1. The number of rotatable bonds is 5. The van der Waals surface area contributed by atoms with E-state index in [1.54, 1.807) is 12.1 Å². The number of nitrogens with zero attached hydrogens (tertiary/aromatic N) is 1. The summed E-state index contributed by atoms with van der Waals surface area (Å²) in [5, 5.41) is 16.3. The molecule has 0 fully saturated rings. The summed E-state index contributed by atoms with van der Waals surface area (Å²) < 4.78 is 0. The molecule has 148 valence electrons. The highest BCUT2D eigenvalue weighted by atomic mass is 35.5. The number of halogens is 1. The van der Waals surface area contributed by atoms with Crippen LogP contribution in [0.15, 0.2) is 53.1 Å². The van der Waals surface area contributed by atoms with Gasteiger partial charge in [0.1, 0.15) is 0 Å². The van der Waals surface area contributed by atoms with E-state index in [1.807, 2.05) is 44.2 Å². The van der Waals surface area contributed by atoms with E-state index in [1.165, 1.54) is 0 Å². The molecule has 1 aliphatic heterocycles. The van der Waals surface area contributed by atoms with Crippen LogP contribution < -0.4 is 10.6 Å². The van der Waals surface area contributed by atoms with Gasteiger partial charge in [-0.1, -0.05) is 53.7 Å². The Bertz CT molecular complexity index is 1040. The van der Waals surface area contributed by atoms with Crippen LogP contribution in [0.25, 0.3) is 0 Å². The Morgan fingerprint density at radius 2 is 2.03 bits per heavy atom. The Labute approximate surface area is 179 Å². The van der Waals surface area contributed by atoms with Crippen LogP contribution in [0.4, 0.5) is 5.69 Å². The average Bonchev–Trinajstić information content (AvgIpc) is 2.69. The zero-order chi connectivity index (χ0) is 21.0. The lowest BCUT2D eigenvalue weighted by Gasteiger charge is -2.26. The first kappa shape index (κ1) is 21.0. The maximum atomic E-state index is 12.3. The molecule has 1 atom stereocenters. The van der Waals surface area contributed by atoms with Gasteiger partial charge in [0, 0.05) is 23.0 Å². The molecule has 2 aromatic rings. The largest absolute Gasteiger partial charge is 0.325 e. The maximum Gasteiger partial charge on any atom is 0.234 e. The number of hydrogen-bond acceptors (Lipinski definition) is 4. The molecule has 29 heavy (non-hydrogen) atoms. The van der Waals surface area contributed by atoms with Gasteiger partial charge in [-0.3, -0.25) is 9.59 Å². The Morgan fingerprint density at radius 3 is 2.72 bits per heavy atom. The molecular formula is C22H20ClN3O2S. The molecule has 5 nitrogen and oxygen atoms in total. The smallest absolute Gasteiger partial charge is 0.234 e. The number of anilines is 1. The van der Waals surface area contributed by atoms with E-state index in [0.717, 1.165) is 28.5 Å². The van der Waals surface area contributed by atoms with Gasteiger partial charge in [-0.15, -0.1) is 0 Å². The van der Waals surface area contributed by atoms with Gasteiger partial charge in [0.2, 0.25) is 11.8 Å². The fraction of sp³-hybridized carbons (Fsp3) is 0.227. The number of carbonyl (C=O) groups is 2. The van der Waals surface area contributed by atoms with E-state index in [-0.39, 0.29) is 29.9 Å². The predicted octanol–water partition coefficient (Wildman–Crippen LogP) is 4.67. The van der Waals surface area contributed by atoms with Crippen LogP contribution in [0.5, 0.6) is 0 Å². The first-order chi connectivity index (χ1) is 13.9. The monoisotopic (exact) mass is 425 g/mol. The Balaban J connectivity index is 1.76. The summed E-state index contributed by atoms with van der Waals surface area (Å²) in [6, 6.07) is 15.3. The lowest BCUT2D eigenvalue weighted by molar-refractivity contribution is -0.121. The van der Waals surface area contributed by atoms with Crippen LogP contribution in [0.1, 0.15) is 29.0 Å². The number of nitriles is 1. The van der Waals surface area contributed by atoms with Crippen molar-refractivity contribution in [2.24, 2.45) is 0 Å². The summed E-state index contributed by atoms with van der Waals surface area (Å²) in [5.74, 6) is -0.652. The van der Waals surface area contributed by atoms with E-state index in [2.05, 4.69) is 16.7 Å². The summed E-state index contributed by atoms with van der Waals surface area (Å²) in [6.45, 7) is 3.85. The number of amides is 2. The number of nitrogens with one attached hydrogen (secondary N) is 2. The second kappa shape index (κ2) is 9.17. The molecule has 0 saturated carbocycles. The van der Waals surface area contributed by atoms with Crippen molar-refractivity contribution in [2.75, 3.05) is 11.1 Å². The number of carbonyl (C=O) groups excluding carboxylic acids is 2. The first-order valence-corrected chi connectivity index (χ1v) is 10.4. The van der Waals surface area contributed by atoms with E-state index in [0.29, 0.717) is 21.3 Å². The van der Waals surface area contributed by atoms with Crippen LogP contribution in [0.3, 0.4) is 0 Å². The summed E-state index contributed by atoms with van der Waals surface area (Å²) in [7, 11) is 0. The molecule has 2 amide bonds. The fourth-order valence-electron chi connectivity index (χ4n) is 3.18. The van der Waals surface area contributed by atoms with E-state index in [9.17, 15) is 14.9 Å². The van der Waals surface area contributed by atoms with Gasteiger partial charge in [-0.25, -0.2) is 0 Å². The molecule has 7 heteroatoms. The van der Waals surface area contributed by atoms with E-state index >= 15 is 0 Å². The average molecular weight is 426 g/mol. The van der Waals surface area contributed by atoms with Crippen LogP contribution in [-0.4, -0.2) is 17.6 Å². The Kier molecular flexibility index (Phi) is 6.63. The zero-order valence-electron chi connectivity index (χ0n) is 16.1. The molecule has 0 aliphatic carbocycles. The Hall–Kier alpha value is -2.75. The van der Waals surface area contributed by atoms with Gasteiger partial charge in [-0.05, 0) is 42.7 Å². The molecule has 1 heterocycles. The first-order valence-electron chi connectivity index (χ1n) is 9.07. The number of hydrogen-bond donors (Lipinski definition) is 2. The lowest BCUT2D eigenvalue weighted by atomic mass is 9.85. The molecule has 3 rings (SSSR count). The highest BCUT2D eigenvalue weighted by molar-refractivity contribution is 8.03. The van der Waals surface area contributed by atoms with Crippen molar-refractivity contribution >= 4 is 40.9 Å². The molecule has 0 aromatic heterocycles. The van der Waals surface area contributed by atoms with Crippen molar-refractivity contribution in [3.8, 4) is 6.07 Å². The fourth-order valence-corrected chi connectivity index (χ4v) is 4.24. The minimum Gasteiger partial charge on any atom is -0.325 e. The van der Waals surface area contributed by atoms with Gasteiger partial charge in [0.05, 0.1) is 22.4 Å². The molecule has 2 N–H and O–H groups in total. The molecule has 0 saturated heterocycles. The Morgan fingerprint density at radius 1 is 1.28 bits per heavy atom. The number of aryl methyl sites for hydroxylation is 2. The third kappa shape index (κ3) is 5.00. The quantitative estimate of drug-likeness (QED) is 0.729. The topological polar surface area (TPSA) is 82.0 Å². The van der Waals surface area contributed by atoms with Gasteiger partial charge < -0.3 is 10.6 Å². The summed E-state index contributed by atoms with van der Waals surface area (Å²) >= 11 is 7.24. The molecule has 2 aromatic carbocycles. The van der Waals surface area contributed by atoms with Crippen molar-refractivity contribution in [3.63, 3.8) is 0 Å². The highest BCUT2D eigenvalue weighted by Gasteiger charge is 2.30. The summed E-state index contributed by atoms with van der Waals surface area (Å²) in [4.78, 5) is 24.6. The summed E-state index contributed by atoms with van der Waals surface area (Å²) in [5.41, 5.74) is 3.99. The van der Waals surface area contributed by atoms with Crippen molar-refractivity contribution in [1.82, 2.24) is 5.32 Å². The minimum atomic E-state index is -0.309. The van der Waals surface area contributed by atoms with Crippen LogP contribution in [0, 0.1) is 25.2 Å². The van der Waals surface area contributed by atoms with Gasteiger partial charge in [0.15, 0.2) is 0 Å². The van der Waals surface area contributed by atoms with Gasteiger partial charge >= 0.3 is 0 Å². The molecular weight excluding hydrogens is 406 g/mol. The van der Waals surface area contributed by atoms with Crippen LogP contribution >= 0.6 is 23.4 Å². The SMILES string of the molecule is Cc1ccc(NC(=O)CSC2=C(C#N)[C@H](c3ccccc3C)CC(=O)N2)cc1Cl. The van der Waals surface area contributed by atoms with Crippen LogP contribution in [0.2, 0.25) is 5.02 Å². The second-order valence-electron chi connectivity index (χ2n) is 6.82. The third-order valence-corrected chi connectivity index (χ3v) is 6.15. The minimum absolute atomic E-state index is 0.0623. The number of benzene rings is 2. The lowest BCUT2D eigenvalue weighted by Crippen LogP contribution is -2.31. The van der Waals surface area contributed by atoms with Crippen molar-refractivity contribution in [3.05, 3.63) is 74.8 Å². The number of thioether (sulfide) groups is 1. The third-order valence-electron chi connectivity index (χ3n) is 4.72. The zero-order valence-corrected chi connectivity index (χ0v) is 17.7. The van der Waals surface area contributed by atoms with E-state index < -0.39 is 0 Å². The molecule has 0 spiro atoms. The number of allylic oxidation sites excluding steroid dienone is 1. The van der Waals surface area contributed by atoms with Gasteiger partial charge in [0.25, 0.3) is 0 Å². The predicted molar refractivity (Wildman–Crippen MR) is 117 cm³/mol. The molecule has 0 radical (unpaired) electrons. The van der Waals surface area contributed by atoms with Crippen molar-refractivity contribution in [1.29, 1.82) is 5.26 Å². The van der Waals surface area contributed by atoms with Crippen molar-refractivity contribution < 1.29 is 9.59 Å². The van der Waals surface area contributed by atoms with Crippen molar-refractivity contribution in [2.45, 2.75) is 26.2 Å². The normalized spacial score (nSPS) is 16.2.